The maximum atomic E-state index is 11.8. The molecule has 2 N–H and O–H groups in total. The van der Waals surface area contributed by atoms with Gasteiger partial charge < -0.3 is 24.8 Å². The molecule has 0 aliphatic carbocycles. The highest BCUT2D eigenvalue weighted by Gasteiger charge is 2.35. The van der Waals surface area contributed by atoms with E-state index >= 15 is 0 Å². The molecule has 1 aliphatic heterocycles. The van der Waals surface area contributed by atoms with Gasteiger partial charge in [-0.25, -0.2) is 0 Å². The van der Waals surface area contributed by atoms with E-state index < -0.39 is 0 Å². The molecule has 1 fully saturated rings. The minimum atomic E-state index is -0.287. The van der Waals surface area contributed by atoms with Gasteiger partial charge in [-0.1, -0.05) is 0 Å². The van der Waals surface area contributed by atoms with Gasteiger partial charge in [0.05, 0.1) is 12.6 Å². The van der Waals surface area contributed by atoms with Gasteiger partial charge in [0.2, 0.25) is 5.91 Å². The molecule has 1 amide bonds. The van der Waals surface area contributed by atoms with Crippen molar-refractivity contribution in [1.82, 2.24) is 10.6 Å². The Morgan fingerprint density at radius 3 is 2.84 bits per heavy atom. The highest BCUT2D eigenvalue weighted by Crippen LogP contribution is 2.21. The summed E-state index contributed by atoms with van der Waals surface area (Å²) in [7, 11) is 3.34. The van der Waals surface area contributed by atoms with E-state index in [0.717, 1.165) is 12.8 Å². The molecule has 0 bridgehead atoms. The van der Waals surface area contributed by atoms with Gasteiger partial charge in [-0.05, 0) is 13.3 Å². The van der Waals surface area contributed by atoms with Crippen LogP contribution in [0.3, 0.4) is 0 Å². The fourth-order valence-corrected chi connectivity index (χ4v) is 1.97. The monoisotopic (exact) mass is 274 g/mol. The number of carbonyl (C=O) groups is 1. The van der Waals surface area contributed by atoms with Gasteiger partial charge in [0, 0.05) is 46.9 Å². The van der Waals surface area contributed by atoms with Gasteiger partial charge in [-0.3, -0.25) is 4.79 Å². The third-order valence-corrected chi connectivity index (χ3v) is 3.45. The SMILES string of the molecule is COCCCNC(=O)C(C)NCC1(OC)CCOC1. The average Bonchev–Trinajstić information content (AvgIpc) is 2.90. The van der Waals surface area contributed by atoms with E-state index in [9.17, 15) is 4.79 Å². The highest BCUT2D eigenvalue weighted by molar-refractivity contribution is 5.81. The molecule has 0 radical (unpaired) electrons. The Labute approximate surface area is 115 Å². The van der Waals surface area contributed by atoms with Gasteiger partial charge >= 0.3 is 0 Å². The molecular formula is C13H26N2O4. The molecule has 112 valence electrons. The fraction of sp³-hybridized carbons (Fsp3) is 0.923. The van der Waals surface area contributed by atoms with Crippen LogP contribution in [0.25, 0.3) is 0 Å². The molecule has 0 saturated carbocycles. The first-order valence-corrected chi connectivity index (χ1v) is 6.76. The molecule has 1 aliphatic rings. The van der Waals surface area contributed by atoms with Gasteiger partial charge in [0.15, 0.2) is 0 Å². The quantitative estimate of drug-likeness (QED) is 0.576. The molecule has 2 atom stereocenters. The molecule has 0 spiro atoms. The molecule has 19 heavy (non-hydrogen) atoms. The number of rotatable bonds is 9. The van der Waals surface area contributed by atoms with Crippen LogP contribution in [0.4, 0.5) is 0 Å². The zero-order valence-corrected chi connectivity index (χ0v) is 12.2. The van der Waals surface area contributed by atoms with Crippen molar-refractivity contribution in [2.75, 3.05) is 47.1 Å². The maximum Gasteiger partial charge on any atom is 0.236 e. The van der Waals surface area contributed by atoms with Crippen molar-refractivity contribution in [3.63, 3.8) is 0 Å². The van der Waals surface area contributed by atoms with Crippen LogP contribution in [-0.2, 0) is 19.0 Å². The number of carbonyl (C=O) groups excluding carboxylic acids is 1. The lowest BCUT2D eigenvalue weighted by atomic mass is 10.0. The zero-order valence-electron chi connectivity index (χ0n) is 12.2. The Hall–Kier alpha value is -0.690. The molecule has 6 heteroatoms. The van der Waals surface area contributed by atoms with Crippen molar-refractivity contribution in [3.8, 4) is 0 Å². The smallest absolute Gasteiger partial charge is 0.236 e. The summed E-state index contributed by atoms with van der Waals surface area (Å²) in [6.45, 7) is 5.07. The van der Waals surface area contributed by atoms with Gasteiger partial charge in [0.25, 0.3) is 0 Å². The number of methoxy groups -OCH3 is 2. The predicted octanol–water partition coefficient (Wildman–Crippen LogP) is -0.0773. The van der Waals surface area contributed by atoms with Gasteiger partial charge in [-0.2, -0.15) is 0 Å². The molecule has 6 nitrogen and oxygen atoms in total. The van der Waals surface area contributed by atoms with Crippen molar-refractivity contribution in [2.24, 2.45) is 0 Å². The predicted molar refractivity (Wildman–Crippen MR) is 72.1 cm³/mol. The molecule has 0 aromatic heterocycles. The number of ether oxygens (including phenoxy) is 3. The second-order valence-corrected chi connectivity index (χ2v) is 4.93. The van der Waals surface area contributed by atoms with Crippen LogP contribution in [0.1, 0.15) is 19.8 Å². The Bertz CT molecular complexity index is 267. The summed E-state index contributed by atoms with van der Waals surface area (Å²) in [5.74, 6) is 0.00118. The van der Waals surface area contributed by atoms with E-state index in [2.05, 4.69) is 10.6 Å². The third-order valence-electron chi connectivity index (χ3n) is 3.45. The minimum absolute atomic E-state index is 0.00118. The Morgan fingerprint density at radius 1 is 1.47 bits per heavy atom. The first-order valence-electron chi connectivity index (χ1n) is 6.76. The number of nitrogens with one attached hydrogen (secondary N) is 2. The summed E-state index contributed by atoms with van der Waals surface area (Å²) < 4.78 is 15.8. The standard InChI is InChI=1S/C13H26N2O4/c1-11(12(16)14-6-4-7-17-2)15-9-13(18-3)5-8-19-10-13/h11,15H,4-10H2,1-3H3,(H,14,16). The molecule has 0 aromatic carbocycles. The molecule has 1 rings (SSSR count). The van der Waals surface area contributed by atoms with Crippen molar-refractivity contribution < 1.29 is 19.0 Å². The van der Waals surface area contributed by atoms with E-state index in [1.807, 2.05) is 6.92 Å². The second kappa shape index (κ2) is 8.47. The summed E-state index contributed by atoms with van der Waals surface area (Å²) in [5, 5.41) is 6.08. The molecule has 1 heterocycles. The summed E-state index contributed by atoms with van der Waals surface area (Å²) in [6.07, 6.45) is 1.68. The fourth-order valence-electron chi connectivity index (χ4n) is 1.97. The normalized spacial score (nSPS) is 24.4. The zero-order chi connectivity index (χ0) is 14.1. The van der Waals surface area contributed by atoms with Crippen LogP contribution in [-0.4, -0.2) is 64.7 Å². The molecule has 0 aromatic rings. The molecule has 1 saturated heterocycles. The number of hydrogen-bond donors (Lipinski definition) is 2. The summed E-state index contributed by atoms with van der Waals surface area (Å²) in [5.41, 5.74) is -0.287. The molecular weight excluding hydrogens is 248 g/mol. The molecule has 2 unspecified atom stereocenters. The second-order valence-electron chi connectivity index (χ2n) is 4.93. The van der Waals surface area contributed by atoms with E-state index in [-0.39, 0.29) is 17.6 Å². The lowest BCUT2D eigenvalue weighted by Crippen LogP contribution is -2.50. The number of amides is 1. The summed E-state index contributed by atoms with van der Waals surface area (Å²) in [4.78, 5) is 11.8. The van der Waals surface area contributed by atoms with Crippen LogP contribution < -0.4 is 10.6 Å². The van der Waals surface area contributed by atoms with Crippen LogP contribution >= 0.6 is 0 Å². The lowest BCUT2D eigenvalue weighted by molar-refractivity contribution is -0.123. The first-order chi connectivity index (χ1) is 9.13. The highest BCUT2D eigenvalue weighted by atomic mass is 16.5. The van der Waals surface area contributed by atoms with E-state index in [1.165, 1.54) is 0 Å². The van der Waals surface area contributed by atoms with Crippen LogP contribution in [0.15, 0.2) is 0 Å². The van der Waals surface area contributed by atoms with Crippen LogP contribution in [0.5, 0.6) is 0 Å². The Balaban J connectivity index is 2.22. The first kappa shape index (κ1) is 16.4. The van der Waals surface area contributed by atoms with Crippen LogP contribution in [0, 0.1) is 0 Å². The van der Waals surface area contributed by atoms with Crippen molar-refractivity contribution >= 4 is 5.91 Å². The van der Waals surface area contributed by atoms with E-state index in [4.69, 9.17) is 14.2 Å². The topological polar surface area (TPSA) is 68.8 Å². The van der Waals surface area contributed by atoms with Crippen molar-refractivity contribution in [2.45, 2.75) is 31.4 Å². The van der Waals surface area contributed by atoms with Crippen LogP contribution in [0.2, 0.25) is 0 Å². The Kier molecular flexibility index (Phi) is 7.30. The lowest BCUT2D eigenvalue weighted by Gasteiger charge is -2.27. The largest absolute Gasteiger partial charge is 0.385 e. The van der Waals surface area contributed by atoms with Gasteiger partial charge in [-0.15, -0.1) is 0 Å². The van der Waals surface area contributed by atoms with E-state index in [0.29, 0.717) is 32.9 Å². The number of hydrogen-bond acceptors (Lipinski definition) is 5. The van der Waals surface area contributed by atoms with Crippen molar-refractivity contribution in [3.05, 3.63) is 0 Å². The van der Waals surface area contributed by atoms with E-state index in [1.54, 1.807) is 14.2 Å². The summed E-state index contributed by atoms with van der Waals surface area (Å²) in [6, 6.07) is -0.241. The third kappa shape index (κ3) is 5.44. The van der Waals surface area contributed by atoms with Gasteiger partial charge in [0.1, 0.15) is 5.60 Å². The van der Waals surface area contributed by atoms with Crippen molar-refractivity contribution in [1.29, 1.82) is 0 Å². The Morgan fingerprint density at radius 2 is 2.26 bits per heavy atom. The average molecular weight is 274 g/mol. The minimum Gasteiger partial charge on any atom is -0.385 e. The summed E-state index contributed by atoms with van der Waals surface area (Å²) >= 11 is 0. The maximum absolute atomic E-state index is 11.8.